The summed E-state index contributed by atoms with van der Waals surface area (Å²) in [6, 6.07) is 9.52. The van der Waals surface area contributed by atoms with Crippen molar-refractivity contribution in [2.24, 2.45) is 0 Å². The Morgan fingerprint density at radius 1 is 1.12 bits per heavy atom. The van der Waals surface area contributed by atoms with Gasteiger partial charge in [-0.05, 0) is 48.2 Å². The molecule has 1 aliphatic rings. The van der Waals surface area contributed by atoms with Crippen molar-refractivity contribution in [2.75, 3.05) is 4.90 Å². The van der Waals surface area contributed by atoms with Gasteiger partial charge in [-0.15, -0.1) is 0 Å². The summed E-state index contributed by atoms with van der Waals surface area (Å²) in [4.78, 5) is 28.4. The minimum absolute atomic E-state index is 0.0564. The standard InChI is InChI=1S/C20H16F2N2O2/c1-11-3-2-4-16-13(11)6-8-18(26)24(16)10-12-9-17(25)23-20-14(12)5-7-15(21)19(20)22/h2-5,7,9H,6,8,10H2,1H3,(H,23,25). The lowest BCUT2D eigenvalue weighted by Crippen LogP contribution is -2.35. The number of aromatic amines is 1. The van der Waals surface area contributed by atoms with Crippen molar-refractivity contribution >= 4 is 22.5 Å². The molecule has 3 aromatic rings. The van der Waals surface area contributed by atoms with Crippen LogP contribution in [-0.2, 0) is 17.8 Å². The van der Waals surface area contributed by atoms with Gasteiger partial charge in [0.25, 0.3) is 0 Å². The lowest BCUT2D eigenvalue weighted by Gasteiger charge is -2.30. The van der Waals surface area contributed by atoms with E-state index in [0.717, 1.165) is 22.9 Å². The summed E-state index contributed by atoms with van der Waals surface area (Å²) in [7, 11) is 0. The maximum Gasteiger partial charge on any atom is 0.248 e. The number of halogens is 2. The molecule has 0 saturated heterocycles. The topological polar surface area (TPSA) is 53.2 Å². The number of carbonyl (C=O) groups is 1. The minimum Gasteiger partial charge on any atom is -0.319 e. The Bertz CT molecular complexity index is 1100. The van der Waals surface area contributed by atoms with E-state index in [9.17, 15) is 18.4 Å². The molecule has 1 aliphatic heterocycles. The van der Waals surface area contributed by atoms with Crippen molar-refractivity contribution in [2.45, 2.75) is 26.3 Å². The average Bonchev–Trinajstić information content (AvgIpc) is 2.61. The van der Waals surface area contributed by atoms with Crippen LogP contribution in [0.3, 0.4) is 0 Å². The summed E-state index contributed by atoms with van der Waals surface area (Å²) in [6.45, 7) is 2.12. The van der Waals surface area contributed by atoms with Gasteiger partial charge in [-0.2, -0.15) is 0 Å². The summed E-state index contributed by atoms with van der Waals surface area (Å²) in [5, 5.41) is 0.385. The second-order valence-corrected chi connectivity index (χ2v) is 6.50. The third kappa shape index (κ3) is 2.58. The van der Waals surface area contributed by atoms with Crippen LogP contribution in [0.2, 0.25) is 0 Å². The summed E-state index contributed by atoms with van der Waals surface area (Å²) in [5.74, 6) is -2.18. The molecule has 0 spiro atoms. The number of H-pyrrole nitrogens is 1. The fraction of sp³-hybridized carbons (Fsp3) is 0.200. The zero-order chi connectivity index (χ0) is 18.4. The van der Waals surface area contributed by atoms with Gasteiger partial charge < -0.3 is 9.88 Å². The van der Waals surface area contributed by atoms with E-state index in [1.54, 1.807) is 4.90 Å². The molecule has 0 atom stereocenters. The Morgan fingerprint density at radius 2 is 1.92 bits per heavy atom. The number of hydrogen-bond donors (Lipinski definition) is 1. The zero-order valence-electron chi connectivity index (χ0n) is 14.1. The monoisotopic (exact) mass is 354 g/mol. The number of rotatable bonds is 2. The molecule has 4 nitrogen and oxygen atoms in total. The van der Waals surface area contributed by atoms with Crippen LogP contribution in [0.4, 0.5) is 14.5 Å². The summed E-state index contributed by atoms with van der Waals surface area (Å²) in [5.41, 5.74) is 2.76. The molecule has 0 fully saturated rings. The molecule has 1 amide bonds. The molecule has 0 aliphatic carbocycles. The number of aryl methyl sites for hydroxylation is 1. The number of carbonyl (C=O) groups excluding carboxylic acids is 1. The van der Waals surface area contributed by atoms with E-state index in [0.29, 0.717) is 23.8 Å². The highest BCUT2D eigenvalue weighted by Crippen LogP contribution is 2.32. The summed E-state index contributed by atoms with van der Waals surface area (Å²) < 4.78 is 27.6. The van der Waals surface area contributed by atoms with Crippen LogP contribution in [-0.4, -0.2) is 10.9 Å². The molecule has 6 heteroatoms. The Morgan fingerprint density at radius 3 is 2.73 bits per heavy atom. The number of benzene rings is 2. The largest absolute Gasteiger partial charge is 0.319 e. The molecule has 1 N–H and O–H groups in total. The predicted octanol–water partition coefficient (Wildman–Crippen LogP) is 3.59. The van der Waals surface area contributed by atoms with E-state index < -0.39 is 17.2 Å². The van der Waals surface area contributed by atoms with E-state index in [1.165, 1.54) is 12.1 Å². The molecule has 4 rings (SSSR count). The van der Waals surface area contributed by atoms with Gasteiger partial charge in [-0.3, -0.25) is 9.59 Å². The van der Waals surface area contributed by atoms with Gasteiger partial charge in [-0.25, -0.2) is 8.78 Å². The molecule has 1 aromatic heterocycles. The molecule has 0 bridgehead atoms. The zero-order valence-corrected chi connectivity index (χ0v) is 14.1. The number of amides is 1. The van der Waals surface area contributed by atoms with Gasteiger partial charge in [0.1, 0.15) is 0 Å². The lowest BCUT2D eigenvalue weighted by atomic mass is 9.96. The van der Waals surface area contributed by atoms with E-state index in [-0.39, 0.29) is 18.0 Å². The predicted molar refractivity (Wildman–Crippen MR) is 95.2 cm³/mol. The first kappa shape index (κ1) is 16.4. The van der Waals surface area contributed by atoms with Gasteiger partial charge >= 0.3 is 0 Å². The molecule has 26 heavy (non-hydrogen) atoms. The summed E-state index contributed by atoms with van der Waals surface area (Å²) >= 11 is 0. The van der Waals surface area contributed by atoms with Crippen molar-refractivity contribution in [1.82, 2.24) is 4.98 Å². The Labute approximate surface area is 148 Å². The van der Waals surface area contributed by atoms with Crippen molar-refractivity contribution in [1.29, 1.82) is 0 Å². The van der Waals surface area contributed by atoms with Crippen LogP contribution in [0.25, 0.3) is 10.9 Å². The summed E-state index contributed by atoms with van der Waals surface area (Å²) in [6.07, 6.45) is 1.05. The number of fused-ring (bicyclic) bond motifs is 2. The van der Waals surface area contributed by atoms with E-state index in [4.69, 9.17) is 0 Å². The highest BCUT2D eigenvalue weighted by atomic mass is 19.2. The number of aromatic nitrogens is 1. The number of pyridine rings is 1. The van der Waals surface area contributed by atoms with Crippen molar-refractivity contribution in [3.05, 3.63) is 75.1 Å². The van der Waals surface area contributed by atoms with Crippen molar-refractivity contribution in [3.63, 3.8) is 0 Å². The molecule has 2 aromatic carbocycles. The van der Waals surface area contributed by atoms with Gasteiger partial charge in [0.15, 0.2) is 11.6 Å². The van der Waals surface area contributed by atoms with E-state index in [1.807, 2.05) is 25.1 Å². The molecule has 0 saturated carbocycles. The normalized spacial score (nSPS) is 14.0. The molecule has 2 heterocycles. The van der Waals surface area contributed by atoms with Gasteiger partial charge in [-0.1, -0.05) is 12.1 Å². The highest BCUT2D eigenvalue weighted by molar-refractivity contribution is 5.97. The van der Waals surface area contributed by atoms with Crippen LogP contribution < -0.4 is 10.5 Å². The first-order valence-electron chi connectivity index (χ1n) is 8.34. The van der Waals surface area contributed by atoms with Gasteiger partial charge in [0, 0.05) is 23.6 Å². The highest BCUT2D eigenvalue weighted by Gasteiger charge is 2.26. The average molecular weight is 354 g/mol. The quantitative estimate of drug-likeness (QED) is 0.765. The first-order valence-corrected chi connectivity index (χ1v) is 8.34. The molecular weight excluding hydrogens is 338 g/mol. The first-order chi connectivity index (χ1) is 12.5. The minimum atomic E-state index is -1.09. The van der Waals surface area contributed by atoms with Gasteiger partial charge in [0.2, 0.25) is 11.5 Å². The second kappa shape index (κ2) is 6.05. The maximum atomic E-state index is 14.1. The SMILES string of the molecule is Cc1cccc2c1CCC(=O)N2Cc1cc(=O)[nH]c2c(F)c(F)ccc12. The molecule has 132 valence electrons. The third-order valence-electron chi connectivity index (χ3n) is 4.89. The smallest absolute Gasteiger partial charge is 0.248 e. The molecule has 0 radical (unpaired) electrons. The van der Waals surface area contributed by atoms with Crippen LogP contribution >= 0.6 is 0 Å². The van der Waals surface area contributed by atoms with Gasteiger partial charge in [0.05, 0.1) is 12.1 Å². The van der Waals surface area contributed by atoms with E-state index in [2.05, 4.69) is 4.98 Å². The third-order valence-corrected chi connectivity index (χ3v) is 4.89. The van der Waals surface area contributed by atoms with Crippen molar-refractivity contribution in [3.8, 4) is 0 Å². The van der Waals surface area contributed by atoms with Crippen LogP contribution in [0.1, 0.15) is 23.1 Å². The number of anilines is 1. The Kier molecular flexibility index (Phi) is 3.83. The molecular formula is C20H16F2N2O2. The lowest BCUT2D eigenvalue weighted by molar-refractivity contribution is -0.119. The Hall–Kier alpha value is -3.02. The number of nitrogens with zero attached hydrogens (tertiary/aromatic N) is 1. The fourth-order valence-corrected chi connectivity index (χ4v) is 3.58. The number of hydrogen-bond acceptors (Lipinski definition) is 2. The number of nitrogens with one attached hydrogen (secondary N) is 1. The van der Waals surface area contributed by atoms with Crippen molar-refractivity contribution < 1.29 is 13.6 Å². The fourth-order valence-electron chi connectivity index (χ4n) is 3.58. The van der Waals surface area contributed by atoms with Crippen LogP contribution in [0, 0.1) is 18.6 Å². The maximum absolute atomic E-state index is 14.1. The Balaban J connectivity index is 1.86. The van der Waals surface area contributed by atoms with Crippen LogP contribution in [0.5, 0.6) is 0 Å². The molecule has 0 unspecified atom stereocenters. The van der Waals surface area contributed by atoms with E-state index >= 15 is 0 Å². The second-order valence-electron chi connectivity index (χ2n) is 6.50. The van der Waals surface area contributed by atoms with Crippen LogP contribution in [0.15, 0.2) is 41.2 Å².